The number of halogens is 1. The number of pyridine rings is 1. The van der Waals surface area contributed by atoms with Gasteiger partial charge < -0.3 is 9.30 Å². The second kappa shape index (κ2) is 7.81. The van der Waals surface area contributed by atoms with Crippen LogP contribution in [0.1, 0.15) is 28.9 Å². The van der Waals surface area contributed by atoms with E-state index < -0.39 is 11.8 Å². The molecule has 3 heterocycles. The van der Waals surface area contributed by atoms with Crippen LogP contribution in [0.15, 0.2) is 67.3 Å². The lowest BCUT2D eigenvalue weighted by atomic mass is 10.1. The van der Waals surface area contributed by atoms with Crippen LogP contribution in [0.3, 0.4) is 0 Å². The minimum absolute atomic E-state index is 0.0624. The zero-order chi connectivity index (χ0) is 22.2. The van der Waals surface area contributed by atoms with Crippen molar-refractivity contribution in [1.29, 1.82) is 0 Å². The molecule has 2 aromatic carbocycles. The first-order valence-corrected chi connectivity index (χ1v) is 9.97. The topological polar surface area (TPSA) is 82.8 Å². The zero-order valence-electron chi connectivity index (χ0n) is 17.4. The Morgan fingerprint density at radius 1 is 1.09 bits per heavy atom. The molecule has 0 spiro atoms. The summed E-state index contributed by atoms with van der Waals surface area (Å²) >= 11 is 0. The smallest absolute Gasteiger partial charge is 0.340 e. The molecule has 5 aromatic rings. The average Bonchev–Trinajstić information content (AvgIpc) is 3.26. The third-order valence-electron chi connectivity index (χ3n) is 5.48. The minimum Gasteiger partial charge on any atom is -0.465 e. The number of methoxy groups -OCH3 is 1. The Morgan fingerprint density at radius 2 is 1.97 bits per heavy atom. The van der Waals surface area contributed by atoms with Crippen LogP contribution in [0.4, 0.5) is 4.39 Å². The van der Waals surface area contributed by atoms with Gasteiger partial charge in [-0.05, 0) is 42.8 Å². The molecule has 0 fully saturated rings. The SMILES string of the molecule is COC(=O)c1ccc(-c2cnc3ncn(C(C)c4ccc5ncccc5c4)c3n2)cc1F. The molecule has 0 radical (unpaired) electrons. The number of benzene rings is 2. The maximum absolute atomic E-state index is 14.4. The molecule has 0 aliphatic carbocycles. The first kappa shape index (κ1) is 19.7. The van der Waals surface area contributed by atoms with E-state index in [1.807, 2.05) is 28.8 Å². The summed E-state index contributed by atoms with van der Waals surface area (Å²) in [6.45, 7) is 2.05. The fourth-order valence-corrected chi connectivity index (χ4v) is 3.70. The van der Waals surface area contributed by atoms with E-state index in [0.717, 1.165) is 16.5 Å². The number of ether oxygens (including phenoxy) is 1. The van der Waals surface area contributed by atoms with Gasteiger partial charge in [0.15, 0.2) is 11.3 Å². The van der Waals surface area contributed by atoms with E-state index in [1.165, 1.54) is 19.2 Å². The molecule has 0 saturated heterocycles. The first-order valence-electron chi connectivity index (χ1n) is 9.97. The number of esters is 1. The summed E-state index contributed by atoms with van der Waals surface area (Å²) in [4.78, 5) is 29.5. The number of hydrogen-bond donors (Lipinski definition) is 0. The molecule has 7 nitrogen and oxygen atoms in total. The van der Waals surface area contributed by atoms with Gasteiger partial charge in [0.1, 0.15) is 5.82 Å². The van der Waals surface area contributed by atoms with Crippen molar-refractivity contribution < 1.29 is 13.9 Å². The van der Waals surface area contributed by atoms with Gasteiger partial charge >= 0.3 is 5.97 Å². The van der Waals surface area contributed by atoms with Gasteiger partial charge in [0.25, 0.3) is 0 Å². The van der Waals surface area contributed by atoms with Crippen LogP contribution in [0.5, 0.6) is 0 Å². The number of carbonyl (C=O) groups excluding carboxylic acids is 1. The second-order valence-electron chi connectivity index (χ2n) is 7.37. The van der Waals surface area contributed by atoms with Gasteiger partial charge in [0, 0.05) is 17.1 Å². The largest absolute Gasteiger partial charge is 0.465 e. The third-order valence-corrected chi connectivity index (χ3v) is 5.48. The van der Waals surface area contributed by atoms with Crippen molar-refractivity contribution >= 4 is 28.2 Å². The van der Waals surface area contributed by atoms with Crippen molar-refractivity contribution in [3.05, 3.63) is 84.2 Å². The summed E-state index contributed by atoms with van der Waals surface area (Å²) in [6.07, 6.45) is 5.01. The van der Waals surface area contributed by atoms with E-state index in [9.17, 15) is 9.18 Å². The quantitative estimate of drug-likeness (QED) is 0.391. The summed E-state index contributed by atoms with van der Waals surface area (Å²) in [6, 6.07) is 14.2. The van der Waals surface area contributed by atoms with Crippen molar-refractivity contribution in [2.45, 2.75) is 13.0 Å². The summed E-state index contributed by atoms with van der Waals surface area (Å²) in [7, 11) is 1.21. The van der Waals surface area contributed by atoms with Crippen LogP contribution in [0, 0.1) is 5.82 Å². The van der Waals surface area contributed by atoms with E-state index in [2.05, 4.69) is 32.7 Å². The molecule has 0 aliphatic rings. The number of aromatic nitrogens is 5. The highest BCUT2D eigenvalue weighted by atomic mass is 19.1. The minimum atomic E-state index is -0.729. The third kappa shape index (κ3) is 3.35. The fraction of sp³-hybridized carbons (Fsp3) is 0.125. The van der Waals surface area contributed by atoms with Crippen LogP contribution < -0.4 is 0 Å². The molecule has 1 atom stereocenters. The average molecular weight is 427 g/mol. The van der Waals surface area contributed by atoms with E-state index in [4.69, 9.17) is 4.98 Å². The number of rotatable bonds is 4. The lowest BCUT2D eigenvalue weighted by molar-refractivity contribution is 0.0595. The molecule has 0 aliphatic heterocycles. The van der Waals surface area contributed by atoms with Crippen LogP contribution in [-0.2, 0) is 4.74 Å². The second-order valence-corrected chi connectivity index (χ2v) is 7.37. The lowest BCUT2D eigenvalue weighted by Gasteiger charge is -2.15. The van der Waals surface area contributed by atoms with Gasteiger partial charge in [-0.15, -0.1) is 0 Å². The summed E-state index contributed by atoms with van der Waals surface area (Å²) in [5, 5.41) is 1.05. The summed E-state index contributed by atoms with van der Waals surface area (Å²) in [5.41, 5.74) is 3.93. The predicted molar refractivity (Wildman–Crippen MR) is 118 cm³/mol. The Labute approximate surface area is 182 Å². The Morgan fingerprint density at radius 3 is 2.78 bits per heavy atom. The van der Waals surface area contributed by atoms with Gasteiger partial charge in [0.2, 0.25) is 0 Å². The van der Waals surface area contributed by atoms with E-state index in [0.29, 0.717) is 22.6 Å². The normalized spacial score (nSPS) is 12.2. The van der Waals surface area contributed by atoms with Crippen LogP contribution in [-0.4, -0.2) is 37.6 Å². The summed E-state index contributed by atoms with van der Waals surface area (Å²) < 4.78 is 20.9. The van der Waals surface area contributed by atoms with Crippen molar-refractivity contribution in [3.63, 3.8) is 0 Å². The van der Waals surface area contributed by atoms with Crippen LogP contribution >= 0.6 is 0 Å². The van der Waals surface area contributed by atoms with Gasteiger partial charge in [-0.3, -0.25) is 4.98 Å². The van der Waals surface area contributed by atoms with Crippen molar-refractivity contribution in [1.82, 2.24) is 24.5 Å². The monoisotopic (exact) mass is 427 g/mol. The molecular formula is C24H18FN5O2. The highest BCUT2D eigenvalue weighted by molar-refractivity contribution is 5.90. The van der Waals surface area contributed by atoms with Crippen LogP contribution in [0.25, 0.3) is 33.5 Å². The molecule has 5 rings (SSSR count). The molecular weight excluding hydrogens is 409 g/mol. The zero-order valence-corrected chi connectivity index (χ0v) is 17.4. The molecule has 3 aromatic heterocycles. The van der Waals surface area contributed by atoms with Crippen molar-refractivity contribution in [2.75, 3.05) is 7.11 Å². The van der Waals surface area contributed by atoms with E-state index >= 15 is 0 Å². The van der Waals surface area contributed by atoms with Crippen molar-refractivity contribution in [2.24, 2.45) is 0 Å². The number of carbonyl (C=O) groups is 1. The molecule has 8 heteroatoms. The number of imidazole rings is 1. The Balaban J connectivity index is 1.55. The fourth-order valence-electron chi connectivity index (χ4n) is 3.70. The Kier molecular flexibility index (Phi) is 4.82. The molecule has 0 amide bonds. The highest BCUT2D eigenvalue weighted by Crippen LogP contribution is 2.27. The maximum Gasteiger partial charge on any atom is 0.340 e. The summed E-state index contributed by atoms with van der Waals surface area (Å²) in [5.74, 6) is -1.41. The molecule has 32 heavy (non-hydrogen) atoms. The Bertz CT molecular complexity index is 1480. The van der Waals surface area contributed by atoms with Gasteiger partial charge in [-0.2, -0.15) is 0 Å². The number of nitrogens with zero attached hydrogens (tertiary/aromatic N) is 5. The van der Waals surface area contributed by atoms with Gasteiger partial charge in [-0.1, -0.05) is 18.2 Å². The lowest BCUT2D eigenvalue weighted by Crippen LogP contribution is -2.07. The van der Waals surface area contributed by atoms with E-state index in [1.54, 1.807) is 24.8 Å². The molecule has 0 bridgehead atoms. The molecule has 0 N–H and O–H groups in total. The molecule has 0 saturated carbocycles. The molecule has 1 unspecified atom stereocenters. The Hall–Kier alpha value is -4.20. The highest BCUT2D eigenvalue weighted by Gasteiger charge is 2.17. The number of hydrogen-bond acceptors (Lipinski definition) is 6. The standard InChI is InChI=1S/C24H18FN5O2/c1-14(15-6-8-20-16(10-15)4-3-9-26-20)30-13-28-22-23(30)29-21(12-27-22)17-5-7-18(19(25)11-17)24(31)32-2/h3-14H,1-2H3. The van der Waals surface area contributed by atoms with Crippen molar-refractivity contribution in [3.8, 4) is 11.3 Å². The molecule has 158 valence electrons. The first-order chi connectivity index (χ1) is 15.5. The maximum atomic E-state index is 14.4. The predicted octanol–water partition coefficient (Wildman–Crippen LogP) is 4.58. The van der Waals surface area contributed by atoms with Crippen LogP contribution in [0.2, 0.25) is 0 Å². The van der Waals surface area contributed by atoms with Gasteiger partial charge in [-0.25, -0.2) is 24.1 Å². The van der Waals surface area contributed by atoms with Gasteiger partial charge in [0.05, 0.1) is 42.4 Å². The number of fused-ring (bicyclic) bond motifs is 2. The van der Waals surface area contributed by atoms with E-state index in [-0.39, 0.29) is 11.6 Å².